The molecule has 2 rings (SSSR count). The number of hydrogen-bond acceptors (Lipinski definition) is 3. The van der Waals surface area contributed by atoms with Crippen molar-refractivity contribution in [1.82, 2.24) is 9.97 Å². The number of anilines is 2. The summed E-state index contributed by atoms with van der Waals surface area (Å²) in [5.41, 5.74) is 3.33. The van der Waals surface area contributed by atoms with E-state index in [1.807, 2.05) is 13.8 Å². The molecule has 17 heavy (non-hydrogen) atoms. The van der Waals surface area contributed by atoms with E-state index in [1.54, 1.807) is 6.07 Å². The van der Waals surface area contributed by atoms with Gasteiger partial charge in [0.15, 0.2) is 0 Å². The van der Waals surface area contributed by atoms with Crippen LogP contribution in [0.25, 0.3) is 0 Å². The van der Waals surface area contributed by atoms with E-state index in [1.165, 1.54) is 6.33 Å². The summed E-state index contributed by atoms with van der Waals surface area (Å²) in [5.74, 6) is 0.693. The first-order valence-corrected chi connectivity index (χ1v) is 6.24. The van der Waals surface area contributed by atoms with Crippen LogP contribution in [0.15, 0.2) is 29.0 Å². The largest absolute Gasteiger partial charge is 0.340 e. The molecule has 0 atom stereocenters. The molecule has 0 bridgehead atoms. The van der Waals surface area contributed by atoms with E-state index in [0.29, 0.717) is 11.0 Å². The lowest BCUT2D eigenvalue weighted by molar-refractivity contribution is 1.16. The standard InChI is InChI=1S/C12H11BrClN3/c1-7-3-9(13)4-8(2)12(7)17-11-5-10(14)15-6-16-11/h3-6H,1-2H3,(H,15,16,17). The molecule has 0 saturated carbocycles. The molecule has 0 aliphatic carbocycles. The number of benzene rings is 1. The van der Waals surface area contributed by atoms with E-state index in [-0.39, 0.29) is 0 Å². The minimum atomic E-state index is 0.426. The number of aromatic nitrogens is 2. The first-order valence-electron chi connectivity index (χ1n) is 5.07. The summed E-state index contributed by atoms with van der Waals surface area (Å²) >= 11 is 9.29. The molecule has 3 nitrogen and oxygen atoms in total. The minimum absolute atomic E-state index is 0.426. The third-order valence-electron chi connectivity index (χ3n) is 2.38. The van der Waals surface area contributed by atoms with E-state index >= 15 is 0 Å². The van der Waals surface area contributed by atoms with Crippen LogP contribution >= 0.6 is 27.5 Å². The first kappa shape index (κ1) is 12.3. The van der Waals surface area contributed by atoms with Crippen LogP contribution in [0, 0.1) is 13.8 Å². The maximum absolute atomic E-state index is 5.82. The van der Waals surface area contributed by atoms with Crippen LogP contribution in [0.2, 0.25) is 5.15 Å². The van der Waals surface area contributed by atoms with Crippen molar-refractivity contribution in [3.63, 3.8) is 0 Å². The maximum Gasteiger partial charge on any atom is 0.135 e. The second-order valence-electron chi connectivity index (χ2n) is 3.77. The number of halogens is 2. The Kier molecular flexibility index (Phi) is 3.64. The average molecular weight is 313 g/mol. The van der Waals surface area contributed by atoms with E-state index < -0.39 is 0 Å². The minimum Gasteiger partial charge on any atom is -0.340 e. The van der Waals surface area contributed by atoms with Gasteiger partial charge in [-0.3, -0.25) is 0 Å². The number of nitrogens with zero attached hydrogens (tertiary/aromatic N) is 2. The molecule has 0 aliphatic rings. The fourth-order valence-corrected chi connectivity index (χ4v) is 2.47. The monoisotopic (exact) mass is 311 g/mol. The van der Waals surface area contributed by atoms with Crippen molar-refractivity contribution in [3.8, 4) is 0 Å². The van der Waals surface area contributed by atoms with Crippen molar-refractivity contribution < 1.29 is 0 Å². The van der Waals surface area contributed by atoms with Gasteiger partial charge in [0.25, 0.3) is 0 Å². The molecule has 0 saturated heterocycles. The number of aryl methyl sites for hydroxylation is 2. The highest BCUT2D eigenvalue weighted by Gasteiger charge is 2.05. The van der Waals surface area contributed by atoms with E-state index in [9.17, 15) is 0 Å². The Morgan fingerprint density at radius 1 is 1.12 bits per heavy atom. The lowest BCUT2D eigenvalue weighted by Crippen LogP contribution is -1.98. The molecule has 1 N–H and O–H groups in total. The quantitative estimate of drug-likeness (QED) is 0.842. The summed E-state index contributed by atoms with van der Waals surface area (Å²) in [7, 11) is 0. The molecule has 0 spiro atoms. The fourth-order valence-electron chi connectivity index (χ4n) is 1.64. The summed E-state index contributed by atoms with van der Waals surface area (Å²) in [6.07, 6.45) is 1.44. The van der Waals surface area contributed by atoms with Crippen molar-refractivity contribution in [2.45, 2.75) is 13.8 Å². The van der Waals surface area contributed by atoms with Crippen LogP contribution in [0.5, 0.6) is 0 Å². The van der Waals surface area contributed by atoms with Crippen molar-refractivity contribution in [2.24, 2.45) is 0 Å². The SMILES string of the molecule is Cc1cc(Br)cc(C)c1Nc1cc(Cl)ncn1. The van der Waals surface area contributed by atoms with Crippen molar-refractivity contribution in [1.29, 1.82) is 0 Å². The molecule has 0 amide bonds. The highest BCUT2D eigenvalue weighted by atomic mass is 79.9. The van der Waals surface area contributed by atoms with Crippen LogP contribution in [-0.4, -0.2) is 9.97 Å². The second-order valence-corrected chi connectivity index (χ2v) is 5.07. The van der Waals surface area contributed by atoms with Gasteiger partial charge < -0.3 is 5.32 Å². The van der Waals surface area contributed by atoms with Gasteiger partial charge in [0.05, 0.1) is 0 Å². The number of rotatable bonds is 2. The summed E-state index contributed by atoms with van der Waals surface area (Å²) in [4.78, 5) is 7.97. The van der Waals surface area contributed by atoms with Gasteiger partial charge in [0.2, 0.25) is 0 Å². The third kappa shape index (κ3) is 2.96. The van der Waals surface area contributed by atoms with Crippen LogP contribution < -0.4 is 5.32 Å². The molecule has 0 aliphatic heterocycles. The van der Waals surface area contributed by atoms with Gasteiger partial charge in [-0.1, -0.05) is 27.5 Å². The topological polar surface area (TPSA) is 37.8 Å². The Hall–Kier alpha value is -1.13. The molecule has 0 unspecified atom stereocenters. The van der Waals surface area contributed by atoms with Crippen LogP contribution in [-0.2, 0) is 0 Å². The predicted molar refractivity (Wildman–Crippen MR) is 73.9 cm³/mol. The van der Waals surface area contributed by atoms with Crippen LogP contribution in [0.1, 0.15) is 11.1 Å². The summed E-state index contributed by atoms with van der Waals surface area (Å²) in [6.45, 7) is 4.09. The molecule has 1 aromatic carbocycles. The highest BCUT2D eigenvalue weighted by Crippen LogP contribution is 2.27. The van der Waals surface area contributed by atoms with Crippen LogP contribution in [0.3, 0.4) is 0 Å². The van der Waals surface area contributed by atoms with Gasteiger partial charge in [-0.15, -0.1) is 0 Å². The zero-order valence-electron chi connectivity index (χ0n) is 9.46. The molecule has 0 fully saturated rings. The molecule has 5 heteroatoms. The third-order valence-corrected chi connectivity index (χ3v) is 3.05. The average Bonchev–Trinajstić information content (AvgIpc) is 2.23. The summed E-state index contributed by atoms with van der Waals surface area (Å²) < 4.78 is 1.07. The van der Waals surface area contributed by atoms with Gasteiger partial charge in [0.1, 0.15) is 17.3 Å². The Balaban J connectivity index is 2.36. The zero-order chi connectivity index (χ0) is 12.4. The Morgan fingerprint density at radius 3 is 2.35 bits per heavy atom. The molecule has 2 aromatic rings. The van der Waals surface area contributed by atoms with Crippen molar-refractivity contribution in [3.05, 3.63) is 45.3 Å². The van der Waals surface area contributed by atoms with E-state index in [2.05, 4.69) is 43.3 Å². The van der Waals surface area contributed by atoms with Crippen molar-refractivity contribution >= 4 is 39.0 Å². The predicted octanol–water partition coefficient (Wildman–Crippen LogP) is 4.25. The smallest absolute Gasteiger partial charge is 0.135 e. The second kappa shape index (κ2) is 5.02. The van der Waals surface area contributed by atoms with E-state index in [0.717, 1.165) is 21.3 Å². The van der Waals surface area contributed by atoms with Crippen molar-refractivity contribution in [2.75, 3.05) is 5.32 Å². The maximum atomic E-state index is 5.82. The lowest BCUT2D eigenvalue weighted by Gasteiger charge is -2.12. The fraction of sp³-hybridized carbons (Fsp3) is 0.167. The Labute approximate surface area is 113 Å². The van der Waals surface area contributed by atoms with Crippen LogP contribution in [0.4, 0.5) is 11.5 Å². The zero-order valence-corrected chi connectivity index (χ0v) is 11.8. The highest BCUT2D eigenvalue weighted by molar-refractivity contribution is 9.10. The van der Waals surface area contributed by atoms with Gasteiger partial charge >= 0.3 is 0 Å². The van der Waals surface area contributed by atoms with Gasteiger partial charge in [0, 0.05) is 16.2 Å². The van der Waals surface area contributed by atoms with Gasteiger partial charge in [-0.2, -0.15) is 0 Å². The molecular formula is C12H11BrClN3. The number of hydrogen-bond donors (Lipinski definition) is 1. The first-order chi connectivity index (χ1) is 8.06. The molecule has 1 heterocycles. The molecule has 0 radical (unpaired) electrons. The van der Waals surface area contributed by atoms with Gasteiger partial charge in [-0.25, -0.2) is 9.97 Å². The lowest BCUT2D eigenvalue weighted by atomic mass is 10.1. The summed E-state index contributed by atoms with van der Waals surface area (Å²) in [6, 6.07) is 5.80. The molecule has 88 valence electrons. The van der Waals surface area contributed by atoms with Gasteiger partial charge in [-0.05, 0) is 37.1 Å². The summed E-state index contributed by atoms with van der Waals surface area (Å²) in [5, 5.41) is 3.68. The van der Waals surface area contributed by atoms with E-state index in [4.69, 9.17) is 11.6 Å². The number of nitrogens with one attached hydrogen (secondary N) is 1. The molecule has 1 aromatic heterocycles. The normalized spacial score (nSPS) is 10.4. The Morgan fingerprint density at radius 2 is 1.76 bits per heavy atom. The molecular weight excluding hydrogens is 302 g/mol. The Bertz CT molecular complexity index is 534.